The Hall–Kier alpha value is -1.77. The summed E-state index contributed by atoms with van der Waals surface area (Å²) in [6.45, 7) is 0.621. The summed E-state index contributed by atoms with van der Waals surface area (Å²) in [5.41, 5.74) is 1.93. The number of nitrogens with zero attached hydrogens (tertiary/aromatic N) is 2. The number of nitrogens with one attached hydrogen (secondary N) is 1. The molecule has 1 aromatic carbocycles. The molecule has 3 rings (SSSR count). The normalized spacial score (nSPS) is 20.2. The number of benzene rings is 1. The van der Waals surface area contributed by atoms with Crippen LogP contribution in [0.25, 0.3) is 0 Å². The first-order valence-corrected chi connectivity index (χ1v) is 6.95. The molecule has 1 unspecified atom stereocenters. The third-order valence-corrected chi connectivity index (χ3v) is 3.98. The molecular formula is C14H14ClN3O2. The van der Waals surface area contributed by atoms with Gasteiger partial charge in [-0.2, -0.15) is 5.26 Å². The van der Waals surface area contributed by atoms with Crippen LogP contribution in [0, 0.1) is 11.3 Å². The van der Waals surface area contributed by atoms with E-state index in [1.165, 1.54) is 0 Å². The fourth-order valence-corrected chi connectivity index (χ4v) is 2.81. The van der Waals surface area contributed by atoms with Gasteiger partial charge in [-0.15, -0.1) is 0 Å². The number of nitriles is 1. The zero-order chi connectivity index (χ0) is 14.3. The lowest BCUT2D eigenvalue weighted by Gasteiger charge is -2.25. The zero-order valence-corrected chi connectivity index (χ0v) is 11.5. The molecule has 2 N–H and O–H groups in total. The summed E-state index contributed by atoms with van der Waals surface area (Å²) < 4.78 is 0. The van der Waals surface area contributed by atoms with Crippen molar-refractivity contribution in [1.82, 2.24) is 0 Å². The zero-order valence-electron chi connectivity index (χ0n) is 10.8. The highest BCUT2D eigenvalue weighted by molar-refractivity contribution is 6.33. The Morgan fingerprint density at radius 1 is 1.50 bits per heavy atom. The number of fused-ring (bicyclic) bond motifs is 1. The molecule has 1 amide bonds. The fourth-order valence-electron chi connectivity index (χ4n) is 2.53. The smallest absolute Gasteiger partial charge is 0.257 e. The molecule has 0 bridgehead atoms. The Bertz CT molecular complexity index is 607. The van der Waals surface area contributed by atoms with Gasteiger partial charge in [0.1, 0.15) is 0 Å². The third kappa shape index (κ3) is 2.21. The van der Waals surface area contributed by atoms with Gasteiger partial charge in [-0.25, -0.2) is 0 Å². The van der Waals surface area contributed by atoms with Crippen molar-refractivity contribution in [2.24, 2.45) is 0 Å². The molecule has 1 fully saturated rings. The molecule has 1 heterocycles. The van der Waals surface area contributed by atoms with E-state index in [0.29, 0.717) is 35.3 Å². The van der Waals surface area contributed by atoms with Crippen molar-refractivity contribution in [3.8, 4) is 6.07 Å². The van der Waals surface area contributed by atoms with Crippen molar-refractivity contribution >= 4 is 28.9 Å². The van der Waals surface area contributed by atoms with Crippen molar-refractivity contribution < 1.29 is 9.90 Å². The van der Waals surface area contributed by atoms with Gasteiger partial charge in [-0.1, -0.05) is 11.6 Å². The van der Waals surface area contributed by atoms with E-state index >= 15 is 0 Å². The number of hydrogen-bond acceptors (Lipinski definition) is 4. The lowest BCUT2D eigenvalue weighted by atomic mass is 10.1. The number of aliphatic hydroxyl groups is 1. The van der Waals surface area contributed by atoms with Crippen molar-refractivity contribution in [3.05, 3.63) is 22.7 Å². The molecule has 1 aliphatic carbocycles. The number of carbonyl (C=O) groups is 1. The molecule has 0 radical (unpaired) electrons. The summed E-state index contributed by atoms with van der Waals surface area (Å²) in [6.07, 6.45) is 1.46. The minimum atomic E-state index is -1.15. The largest absolute Gasteiger partial charge is 0.378 e. The molecule has 2 aliphatic rings. The van der Waals surface area contributed by atoms with E-state index < -0.39 is 12.0 Å². The second kappa shape index (κ2) is 4.97. The molecule has 0 aromatic heterocycles. The van der Waals surface area contributed by atoms with Gasteiger partial charge >= 0.3 is 0 Å². The number of hydrogen-bond donors (Lipinski definition) is 2. The predicted octanol–water partition coefficient (Wildman–Crippen LogP) is 2.21. The van der Waals surface area contributed by atoms with E-state index in [2.05, 4.69) is 16.3 Å². The lowest BCUT2D eigenvalue weighted by molar-refractivity contribution is -0.123. The summed E-state index contributed by atoms with van der Waals surface area (Å²) in [7, 11) is 0. The molecule has 20 heavy (non-hydrogen) atoms. The molecule has 6 heteroatoms. The molecule has 5 nitrogen and oxygen atoms in total. The van der Waals surface area contributed by atoms with Crippen molar-refractivity contribution in [1.29, 1.82) is 5.26 Å². The summed E-state index contributed by atoms with van der Waals surface area (Å²) >= 11 is 6.29. The van der Waals surface area contributed by atoms with Crippen LogP contribution in [0.15, 0.2) is 12.1 Å². The summed E-state index contributed by atoms with van der Waals surface area (Å²) in [5, 5.41) is 21.6. The highest BCUT2D eigenvalue weighted by Gasteiger charge is 2.34. The Morgan fingerprint density at radius 3 is 2.90 bits per heavy atom. The van der Waals surface area contributed by atoms with E-state index in [1.807, 2.05) is 0 Å². The van der Waals surface area contributed by atoms with E-state index in [9.17, 15) is 9.90 Å². The maximum Gasteiger partial charge on any atom is 0.257 e. The maximum absolute atomic E-state index is 11.5. The van der Waals surface area contributed by atoms with Crippen LogP contribution in [0.1, 0.15) is 30.9 Å². The highest BCUT2D eigenvalue weighted by atomic mass is 35.5. The molecule has 0 spiro atoms. The third-order valence-electron chi connectivity index (χ3n) is 3.68. The maximum atomic E-state index is 11.5. The van der Waals surface area contributed by atoms with Crippen molar-refractivity contribution in [3.63, 3.8) is 0 Å². The van der Waals surface area contributed by atoms with Crippen LogP contribution in [0.2, 0.25) is 5.02 Å². The highest BCUT2D eigenvalue weighted by Crippen LogP contribution is 2.42. The first-order chi connectivity index (χ1) is 9.61. The van der Waals surface area contributed by atoms with Gasteiger partial charge in [0.15, 0.2) is 6.10 Å². The Labute approximate surface area is 121 Å². The van der Waals surface area contributed by atoms with E-state index in [0.717, 1.165) is 18.5 Å². The monoisotopic (exact) mass is 291 g/mol. The summed E-state index contributed by atoms with van der Waals surface area (Å²) in [6, 6.07) is 5.99. The number of carbonyl (C=O) groups excluding carboxylic acids is 1. The second-order valence-electron chi connectivity index (χ2n) is 5.12. The summed E-state index contributed by atoms with van der Waals surface area (Å²) in [4.78, 5) is 13.6. The average Bonchev–Trinajstić information content (AvgIpc) is 3.21. The van der Waals surface area contributed by atoms with Crippen LogP contribution in [0.4, 0.5) is 11.4 Å². The lowest BCUT2D eigenvalue weighted by Crippen LogP contribution is -2.27. The second-order valence-corrected chi connectivity index (χ2v) is 5.52. The van der Waals surface area contributed by atoms with Gasteiger partial charge in [0.05, 0.1) is 23.2 Å². The van der Waals surface area contributed by atoms with Crippen LogP contribution in [-0.4, -0.2) is 23.6 Å². The number of amides is 1. The number of rotatable bonds is 4. The Balaban J connectivity index is 1.96. The standard InChI is InChI=1S/C14H14ClN3O2/c15-10-6-9-11(17-14(20)13(9)19)7-12(10)18(5-1-4-16)8-2-3-8/h6-8,13,19H,1-3,5H2,(H,17,20). The first kappa shape index (κ1) is 13.2. The van der Waals surface area contributed by atoms with Gasteiger partial charge in [0, 0.05) is 23.8 Å². The van der Waals surface area contributed by atoms with Crippen LogP contribution in [0.5, 0.6) is 0 Å². The SMILES string of the molecule is N#CCCN(c1cc2c(cc1Cl)C(O)C(=O)N2)C1CC1. The first-order valence-electron chi connectivity index (χ1n) is 6.58. The minimum Gasteiger partial charge on any atom is -0.378 e. The number of aliphatic hydroxyl groups excluding tert-OH is 1. The van der Waals surface area contributed by atoms with E-state index in [-0.39, 0.29) is 0 Å². The van der Waals surface area contributed by atoms with Gasteiger partial charge in [-0.3, -0.25) is 4.79 Å². The molecule has 0 saturated heterocycles. The number of anilines is 2. The van der Waals surface area contributed by atoms with E-state index in [4.69, 9.17) is 16.9 Å². The molecule has 1 aliphatic heterocycles. The quantitative estimate of drug-likeness (QED) is 0.892. The minimum absolute atomic E-state index is 0.418. The number of halogens is 1. The summed E-state index contributed by atoms with van der Waals surface area (Å²) in [5.74, 6) is -0.428. The molecule has 1 aromatic rings. The molecule has 104 valence electrons. The van der Waals surface area contributed by atoms with Gasteiger partial charge < -0.3 is 15.3 Å². The van der Waals surface area contributed by atoms with Crippen LogP contribution < -0.4 is 10.2 Å². The predicted molar refractivity (Wildman–Crippen MR) is 75.6 cm³/mol. The Kier molecular flexibility index (Phi) is 3.28. The van der Waals surface area contributed by atoms with Gasteiger partial charge in [0.25, 0.3) is 5.91 Å². The molecular weight excluding hydrogens is 278 g/mol. The topological polar surface area (TPSA) is 76.4 Å². The molecule has 1 atom stereocenters. The van der Waals surface area contributed by atoms with Crippen LogP contribution in [0.3, 0.4) is 0 Å². The van der Waals surface area contributed by atoms with Gasteiger partial charge in [-0.05, 0) is 25.0 Å². The fraction of sp³-hybridized carbons (Fsp3) is 0.429. The van der Waals surface area contributed by atoms with Crippen molar-refractivity contribution in [2.75, 3.05) is 16.8 Å². The Morgan fingerprint density at radius 2 is 2.25 bits per heavy atom. The van der Waals surface area contributed by atoms with E-state index in [1.54, 1.807) is 12.1 Å². The van der Waals surface area contributed by atoms with Crippen LogP contribution >= 0.6 is 11.6 Å². The average molecular weight is 292 g/mol. The van der Waals surface area contributed by atoms with Crippen LogP contribution in [-0.2, 0) is 4.79 Å². The van der Waals surface area contributed by atoms with Gasteiger partial charge in [0.2, 0.25) is 0 Å². The van der Waals surface area contributed by atoms with Crippen molar-refractivity contribution in [2.45, 2.75) is 31.4 Å². The molecule has 1 saturated carbocycles.